The summed E-state index contributed by atoms with van der Waals surface area (Å²) in [7, 11) is 0. The van der Waals surface area contributed by atoms with Crippen LogP contribution in [0, 0.1) is 5.92 Å². The van der Waals surface area contributed by atoms with Gasteiger partial charge in [0.2, 0.25) is 5.91 Å². The second-order valence-corrected chi connectivity index (χ2v) is 7.31. The number of carboxylic acids is 1. The van der Waals surface area contributed by atoms with Gasteiger partial charge in [-0.05, 0) is 18.8 Å². The van der Waals surface area contributed by atoms with Gasteiger partial charge in [0, 0.05) is 50.4 Å². The van der Waals surface area contributed by atoms with E-state index in [-0.39, 0.29) is 36.3 Å². The summed E-state index contributed by atoms with van der Waals surface area (Å²) < 4.78 is 5.41. The van der Waals surface area contributed by atoms with Gasteiger partial charge in [0.05, 0.1) is 19.6 Å². The van der Waals surface area contributed by atoms with Crippen molar-refractivity contribution in [2.75, 3.05) is 39.4 Å². The summed E-state index contributed by atoms with van der Waals surface area (Å²) >= 11 is 0. The molecule has 2 aliphatic rings. The van der Waals surface area contributed by atoms with E-state index in [1.807, 2.05) is 0 Å². The molecule has 2 fully saturated rings. The summed E-state index contributed by atoms with van der Waals surface area (Å²) in [5, 5.41) is 9.08. The molecule has 0 unspecified atom stereocenters. The number of likely N-dealkylation sites (tertiary alicyclic amines) is 1. The maximum Gasteiger partial charge on any atom is 0.325 e. The Morgan fingerprint density at radius 3 is 2.64 bits per heavy atom. The summed E-state index contributed by atoms with van der Waals surface area (Å²) in [4.78, 5) is 55.2. The number of carbonyl (C=O) groups is 2. The fraction of sp³-hybridized carbons (Fsp3) is 0.667. The molecular weight excluding hydrogens is 368 g/mol. The van der Waals surface area contributed by atoms with Crippen molar-refractivity contribution in [3.63, 3.8) is 0 Å². The van der Waals surface area contributed by atoms with Crippen LogP contribution in [-0.2, 0) is 20.7 Å². The van der Waals surface area contributed by atoms with Crippen molar-refractivity contribution in [3.05, 3.63) is 32.6 Å². The van der Waals surface area contributed by atoms with Crippen LogP contribution in [0.3, 0.4) is 0 Å². The lowest BCUT2D eigenvalue weighted by atomic mass is 9.86. The third-order valence-corrected chi connectivity index (χ3v) is 5.53. The molecule has 2 saturated heterocycles. The molecule has 0 radical (unpaired) electrons. The van der Waals surface area contributed by atoms with E-state index in [0.29, 0.717) is 32.7 Å². The van der Waals surface area contributed by atoms with Crippen LogP contribution in [0.1, 0.15) is 24.8 Å². The molecule has 0 aromatic carbocycles. The third-order valence-electron chi connectivity index (χ3n) is 5.53. The largest absolute Gasteiger partial charge is 0.481 e. The molecule has 3 rings (SSSR count). The Bertz CT molecular complexity index is 813. The first-order valence-electron chi connectivity index (χ1n) is 9.56. The molecule has 10 nitrogen and oxygen atoms in total. The van der Waals surface area contributed by atoms with Gasteiger partial charge >= 0.3 is 11.7 Å². The fourth-order valence-corrected chi connectivity index (χ4v) is 4.07. The molecule has 3 heterocycles. The van der Waals surface area contributed by atoms with Gasteiger partial charge in [0.25, 0.3) is 5.56 Å². The van der Waals surface area contributed by atoms with Crippen LogP contribution in [0.5, 0.6) is 0 Å². The van der Waals surface area contributed by atoms with E-state index in [2.05, 4.69) is 14.9 Å². The normalized spacial score (nSPS) is 23.5. The number of rotatable bonds is 6. The van der Waals surface area contributed by atoms with Crippen LogP contribution < -0.4 is 11.2 Å². The van der Waals surface area contributed by atoms with Crippen LogP contribution in [0.15, 0.2) is 15.8 Å². The lowest BCUT2D eigenvalue weighted by Crippen LogP contribution is -2.55. The molecule has 3 N–H and O–H groups in total. The van der Waals surface area contributed by atoms with Gasteiger partial charge in [-0.1, -0.05) is 0 Å². The number of aromatic nitrogens is 2. The Hall–Kier alpha value is -2.46. The van der Waals surface area contributed by atoms with E-state index >= 15 is 0 Å². The van der Waals surface area contributed by atoms with Crippen LogP contribution in [0.4, 0.5) is 0 Å². The number of amides is 1. The Morgan fingerprint density at radius 2 is 1.96 bits per heavy atom. The number of aliphatic carboxylic acids is 1. The number of nitrogens with zero attached hydrogens (tertiary/aromatic N) is 2. The Labute approximate surface area is 161 Å². The first-order chi connectivity index (χ1) is 13.4. The summed E-state index contributed by atoms with van der Waals surface area (Å²) in [5.74, 6) is -0.983. The van der Waals surface area contributed by atoms with Crippen LogP contribution in [-0.4, -0.2) is 82.2 Å². The first-order valence-corrected chi connectivity index (χ1v) is 9.56. The number of nitrogens with one attached hydrogen (secondary N) is 2. The maximum absolute atomic E-state index is 12.7. The molecule has 0 spiro atoms. The molecule has 1 amide bonds. The fourth-order valence-electron chi connectivity index (χ4n) is 4.07. The van der Waals surface area contributed by atoms with Crippen molar-refractivity contribution >= 4 is 11.9 Å². The first kappa shape index (κ1) is 20.3. The van der Waals surface area contributed by atoms with Crippen molar-refractivity contribution in [1.82, 2.24) is 19.8 Å². The van der Waals surface area contributed by atoms with Gasteiger partial charge in [-0.2, -0.15) is 0 Å². The zero-order valence-corrected chi connectivity index (χ0v) is 15.7. The Balaban J connectivity index is 1.67. The smallest absolute Gasteiger partial charge is 0.325 e. The zero-order valence-electron chi connectivity index (χ0n) is 15.7. The molecule has 154 valence electrons. The SMILES string of the molecule is O=C(O)CC[C@@H]1CN(C(=O)Cc2c[nH]c(=O)[nH]c2=O)CC[C@@H]1N1CCOCC1. The minimum Gasteiger partial charge on any atom is -0.481 e. The second kappa shape index (κ2) is 9.16. The van der Waals surface area contributed by atoms with E-state index in [1.165, 1.54) is 6.20 Å². The van der Waals surface area contributed by atoms with Crippen molar-refractivity contribution in [2.45, 2.75) is 31.7 Å². The van der Waals surface area contributed by atoms with E-state index in [1.54, 1.807) is 4.90 Å². The highest BCUT2D eigenvalue weighted by molar-refractivity contribution is 5.78. The number of H-pyrrole nitrogens is 2. The van der Waals surface area contributed by atoms with Gasteiger partial charge in [-0.25, -0.2) is 4.79 Å². The number of piperidine rings is 1. The highest BCUT2D eigenvalue weighted by Crippen LogP contribution is 2.27. The van der Waals surface area contributed by atoms with Gasteiger partial charge < -0.3 is 19.7 Å². The second-order valence-electron chi connectivity index (χ2n) is 7.31. The number of morpholine rings is 1. The zero-order chi connectivity index (χ0) is 20.1. The maximum atomic E-state index is 12.7. The summed E-state index contributed by atoms with van der Waals surface area (Å²) in [6.45, 7) is 3.99. The van der Waals surface area contributed by atoms with Crippen molar-refractivity contribution in [1.29, 1.82) is 0 Å². The number of ether oxygens (including phenoxy) is 1. The van der Waals surface area contributed by atoms with Crippen LogP contribution >= 0.6 is 0 Å². The summed E-state index contributed by atoms with van der Waals surface area (Å²) in [6.07, 6.45) is 2.49. The number of carbonyl (C=O) groups excluding carboxylic acids is 1. The molecule has 2 aliphatic heterocycles. The highest BCUT2D eigenvalue weighted by atomic mass is 16.5. The molecule has 1 aromatic heterocycles. The Kier molecular flexibility index (Phi) is 6.63. The van der Waals surface area contributed by atoms with Crippen molar-refractivity contribution in [3.8, 4) is 0 Å². The molecule has 0 bridgehead atoms. The molecule has 1 aromatic rings. The number of aromatic amines is 2. The number of hydrogen-bond acceptors (Lipinski definition) is 6. The van der Waals surface area contributed by atoms with Gasteiger partial charge in [-0.3, -0.25) is 24.3 Å². The molecule has 28 heavy (non-hydrogen) atoms. The molecule has 0 aliphatic carbocycles. The van der Waals surface area contributed by atoms with Crippen molar-refractivity contribution < 1.29 is 19.4 Å². The van der Waals surface area contributed by atoms with Crippen LogP contribution in [0.25, 0.3) is 0 Å². The van der Waals surface area contributed by atoms with E-state index in [9.17, 15) is 19.2 Å². The average molecular weight is 394 g/mol. The quantitative estimate of drug-likeness (QED) is 0.564. The summed E-state index contributed by atoms with van der Waals surface area (Å²) in [5.41, 5.74) is -0.967. The monoisotopic (exact) mass is 394 g/mol. The predicted octanol–water partition coefficient (Wildman–Crippen LogP) is -0.980. The van der Waals surface area contributed by atoms with Gasteiger partial charge in [-0.15, -0.1) is 0 Å². The lowest BCUT2D eigenvalue weighted by molar-refractivity contribution is -0.138. The van der Waals surface area contributed by atoms with Crippen molar-refractivity contribution in [2.24, 2.45) is 5.92 Å². The van der Waals surface area contributed by atoms with E-state index in [0.717, 1.165) is 19.5 Å². The van der Waals surface area contributed by atoms with E-state index in [4.69, 9.17) is 9.84 Å². The highest BCUT2D eigenvalue weighted by Gasteiger charge is 2.35. The molecule has 2 atom stereocenters. The average Bonchev–Trinajstić information content (AvgIpc) is 2.69. The lowest BCUT2D eigenvalue weighted by Gasteiger charge is -2.45. The number of hydrogen-bond donors (Lipinski definition) is 3. The minimum absolute atomic E-state index is 0.0563. The standard InChI is InChI=1S/C18H26N4O6/c23-15(9-13-10-19-18(27)20-17(13)26)22-4-3-14(21-5-7-28-8-6-21)12(11-22)1-2-16(24)25/h10,12,14H,1-9,11H2,(H,24,25)(H2,19,20,26,27)/t12-,14+/m1/s1. The Morgan fingerprint density at radius 1 is 1.21 bits per heavy atom. The minimum atomic E-state index is -0.844. The third kappa shape index (κ3) is 5.08. The molecule has 0 saturated carbocycles. The number of carboxylic acid groups (broad SMARTS) is 1. The molecular formula is C18H26N4O6. The predicted molar refractivity (Wildman–Crippen MR) is 99.1 cm³/mol. The van der Waals surface area contributed by atoms with E-state index < -0.39 is 17.2 Å². The topological polar surface area (TPSA) is 136 Å². The van der Waals surface area contributed by atoms with Gasteiger partial charge in [0.15, 0.2) is 0 Å². The molecule has 10 heteroatoms. The van der Waals surface area contributed by atoms with Crippen LogP contribution in [0.2, 0.25) is 0 Å². The summed E-state index contributed by atoms with van der Waals surface area (Å²) in [6, 6.07) is 0.226. The van der Waals surface area contributed by atoms with Gasteiger partial charge in [0.1, 0.15) is 0 Å².